The van der Waals surface area contributed by atoms with E-state index in [1.165, 1.54) is 6.07 Å². The number of fused-ring (bicyclic) bond motifs is 5. The zero-order valence-corrected chi connectivity index (χ0v) is 11.6. The molecule has 22 heavy (non-hydrogen) atoms. The van der Waals surface area contributed by atoms with Crippen LogP contribution >= 0.6 is 0 Å². The maximum atomic E-state index is 12.6. The Morgan fingerprint density at radius 1 is 1.32 bits per heavy atom. The standard InChI is InChI=1S/C15H12O6.H2O/c1-15-5-8-10(11(13(15)18)14(19)21-15)12(17)9-6(16)3-2-4-7(9)20-8;/h2-4,11,13,16,18H,5H2,1H3;1H2/t11-,13-,15+;/m1./s1. The summed E-state index contributed by atoms with van der Waals surface area (Å²) in [4.78, 5) is 24.6. The van der Waals surface area contributed by atoms with E-state index >= 15 is 0 Å². The Kier molecular flexibility index (Phi) is 2.85. The molecule has 1 saturated heterocycles. The Hall–Kier alpha value is -2.38. The van der Waals surface area contributed by atoms with Gasteiger partial charge in [-0.05, 0) is 19.1 Å². The molecule has 7 heteroatoms. The van der Waals surface area contributed by atoms with Crippen molar-refractivity contribution in [3.05, 3.63) is 39.7 Å². The van der Waals surface area contributed by atoms with Crippen LogP contribution in [0, 0.1) is 0 Å². The van der Waals surface area contributed by atoms with Crippen molar-refractivity contribution in [2.75, 3.05) is 0 Å². The number of carbonyl (C=O) groups is 1. The van der Waals surface area contributed by atoms with Crippen LogP contribution < -0.4 is 5.43 Å². The Morgan fingerprint density at radius 2 is 2.05 bits per heavy atom. The molecule has 1 fully saturated rings. The van der Waals surface area contributed by atoms with E-state index in [0.717, 1.165) is 0 Å². The van der Waals surface area contributed by atoms with E-state index in [-0.39, 0.29) is 34.2 Å². The number of aliphatic hydroxyl groups excluding tert-OH is 1. The number of ether oxygens (including phenoxy) is 1. The van der Waals surface area contributed by atoms with Gasteiger partial charge in [-0.2, -0.15) is 0 Å². The number of hydrogen-bond donors (Lipinski definition) is 2. The molecule has 4 rings (SSSR count). The lowest BCUT2D eigenvalue weighted by atomic mass is 9.77. The van der Waals surface area contributed by atoms with E-state index in [2.05, 4.69) is 0 Å². The minimum Gasteiger partial charge on any atom is -0.507 e. The molecule has 1 aliphatic carbocycles. The van der Waals surface area contributed by atoms with Crippen molar-refractivity contribution < 1.29 is 29.6 Å². The molecule has 4 N–H and O–H groups in total. The second kappa shape index (κ2) is 4.31. The molecule has 2 bridgehead atoms. The number of rotatable bonds is 0. The molecule has 2 aromatic rings. The van der Waals surface area contributed by atoms with Crippen molar-refractivity contribution in [2.45, 2.75) is 31.0 Å². The van der Waals surface area contributed by atoms with E-state index in [1.54, 1.807) is 19.1 Å². The van der Waals surface area contributed by atoms with E-state index < -0.39 is 29.0 Å². The normalized spacial score (nSPS) is 28.9. The number of aliphatic hydroxyl groups is 1. The van der Waals surface area contributed by atoms with Crippen molar-refractivity contribution in [2.24, 2.45) is 0 Å². The first-order valence-corrected chi connectivity index (χ1v) is 6.61. The first-order chi connectivity index (χ1) is 9.92. The highest BCUT2D eigenvalue weighted by molar-refractivity contribution is 5.88. The van der Waals surface area contributed by atoms with Crippen LogP contribution in [0.15, 0.2) is 27.4 Å². The maximum absolute atomic E-state index is 12.6. The number of phenols is 1. The third-order valence-corrected chi connectivity index (χ3v) is 4.36. The summed E-state index contributed by atoms with van der Waals surface area (Å²) >= 11 is 0. The first-order valence-electron chi connectivity index (χ1n) is 6.61. The Morgan fingerprint density at radius 3 is 2.77 bits per heavy atom. The lowest BCUT2D eigenvalue weighted by Crippen LogP contribution is -2.45. The van der Waals surface area contributed by atoms with Crippen LogP contribution in [-0.4, -0.2) is 33.4 Å². The molecule has 0 unspecified atom stereocenters. The first kappa shape index (κ1) is 14.6. The van der Waals surface area contributed by atoms with Gasteiger partial charge in [-0.1, -0.05) is 6.07 Å². The number of hydrogen-bond acceptors (Lipinski definition) is 6. The highest BCUT2D eigenvalue weighted by atomic mass is 16.6. The molecule has 116 valence electrons. The van der Waals surface area contributed by atoms with Crippen LogP contribution in [-0.2, 0) is 16.0 Å². The van der Waals surface area contributed by atoms with Crippen molar-refractivity contribution in [1.82, 2.24) is 0 Å². The number of esters is 1. The van der Waals surface area contributed by atoms with Gasteiger partial charge in [0.2, 0.25) is 5.43 Å². The van der Waals surface area contributed by atoms with Crippen molar-refractivity contribution >= 4 is 16.9 Å². The van der Waals surface area contributed by atoms with Crippen molar-refractivity contribution in [1.29, 1.82) is 0 Å². The number of benzene rings is 1. The van der Waals surface area contributed by atoms with Gasteiger partial charge in [-0.15, -0.1) is 0 Å². The van der Waals surface area contributed by atoms with E-state index in [4.69, 9.17) is 9.15 Å². The fraction of sp³-hybridized carbons (Fsp3) is 0.333. The Balaban J connectivity index is 0.00000144. The summed E-state index contributed by atoms with van der Waals surface area (Å²) in [5, 5.41) is 20.1. The van der Waals surface area contributed by atoms with E-state index in [1.807, 2.05) is 0 Å². The molecule has 2 heterocycles. The molecular formula is C15H14O7. The third-order valence-electron chi connectivity index (χ3n) is 4.36. The fourth-order valence-electron chi connectivity index (χ4n) is 3.30. The Bertz CT molecular complexity index is 853. The molecule has 0 radical (unpaired) electrons. The zero-order chi connectivity index (χ0) is 14.9. The maximum Gasteiger partial charge on any atom is 0.317 e. The van der Waals surface area contributed by atoms with Crippen LogP contribution in [0.25, 0.3) is 11.0 Å². The predicted molar refractivity (Wildman–Crippen MR) is 74.7 cm³/mol. The second-order valence-corrected chi connectivity index (χ2v) is 5.75. The molecule has 2 aliphatic rings. The fourth-order valence-corrected chi connectivity index (χ4v) is 3.30. The topological polar surface area (TPSA) is 128 Å². The monoisotopic (exact) mass is 306 g/mol. The van der Waals surface area contributed by atoms with Gasteiger partial charge < -0.3 is 24.8 Å². The van der Waals surface area contributed by atoms with Crippen LogP contribution in [0.4, 0.5) is 0 Å². The summed E-state index contributed by atoms with van der Waals surface area (Å²) in [6, 6.07) is 4.53. The molecule has 7 nitrogen and oxygen atoms in total. The minimum absolute atomic E-state index is 0. The average Bonchev–Trinajstić information content (AvgIpc) is 2.54. The van der Waals surface area contributed by atoms with Gasteiger partial charge in [-0.25, -0.2) is 0 Å². The summed E-state index contributed by atoms with van der Waals surface area (Å²) in [5.74, 6) is -1.56. The molecule has 1 aromatic carbocycles. The Labute approximate surface area is 124 Å². The van der Waals surface area contributed by atoms with Crippen LogP contribution in [0.1, 0.15) is 24.2 Å². The van der Waals surface area contributed by atoms with Crippen LogP contribution in [0.5, 0.6) is 5.75 Å². The summed E-state index contributed by atoms with van der Waals surface area (Å²) in [6.07, 6.45) is -0.962. The third kappa shape index (κ3) is 1.57. The number of phenolic OH excluding ortho intramolecular Hbond substituents is 1. The van der Waals surface area contributed by atoms with E-state index in [9.17, 15) is 19.8 Å². The molecule has 0 spiro atoms. The van der Waals surface area contributed by atoms with Crippen molar-refractivity contribution in [3.63, 3.8) is 0 Å². The largest absolute Gasteiger partial charge is 0.507 e. The number of carbonyl (C=O) groups excluding carboxylic acids is 1. The molecule has 0 amide bonds. The second-order valence-electron chi connectivity index (χ2n) is 5.75. The quantitative estimate of drug-likeness (QED) is 0.659. The zero-order valence-electron chi connectivity index (χ0n) is 11.6. The van der Waals surface area contributed by atoms with Crippen molar-refractivity contribution in [3.8, 4) is 5.75 Å². The highest BCUT2D eigenvalue weighted by Crippen LogP contribution is 2.45. The van der Waals surface area contributed by atoms with Crippen LogP contribution in [0.2, 0.25) is 0 Å². The minimum atomic E-state index is -1.09. The summed E-state index contributed by atoms with van der Waals surface area (Å²) in [6.45, 7) is 1.62. The lowest BCUT2D eigenvalue weighted by Gasteiger charge is -2.31. The number of aromatic hydroxyl groups is 1. The molecule has 1 aromatic heterocycles. The van der Waals surface area contributed by atoms with Gasteiger partial charge in [-0.3, -0.25) is 9.59 Å². The van der Waals surface area contributed by atoms with Gasteiger partial charge >= 0.3 is 5.97 Å². The van der Waals surface area contributed by atoms with E-state index in [0.29, 0.717) is 5.76 Å². The molecule has 0 saturated carbocycles. The summed E-state index contributed by atoms with van der Waals surface area (Å²) in [7, 11) is 0. The van der Waals surface area contributed by atoms with Gasteiger partial charge in [0, 0.05) is 6.42 Å². The summed E-state index contributed by atoms with van der Waals surface area (Å²) in [5.41, 5.74) is -1.22. The highest BCUT2D eigenvalue weighted by Gasteiger charge is 2.58. The molecule has 3 atom stereocenters. The average molecular weight is 306 g/mol. The van der Waals surface area contributed by atoms with Gasteiger partial charge in [0.15, 0.2) is 0 Å². The summed E-state index contributed by atoms with van der Waals surface area (Å²) < 4.78 is 10.9. The smallest absolute Gasteiger partial charge is 0.317 e. The van der Waals surface area contributed by atoms with Gasteiger partial charge in [0.1, 0.15) is 40.1 Å². The predicted octanol–water partition coefficient (Wildman–Crippen LogP) is -0.0100. The van der Waals surface area contributed by atoms with Gasteiger partial charge in [0.25, 0.3) is 0 Å². The van der Waals surface area contributed by atoms with Crippen LogP contribution in [0.3, 0.4) is 0 Å². The molecule has 1 aliphatic heterocycles. The lowest BCUT2D eigenvalue weighted by molar-refractivity contribution is -0.149. The SMILES string of the molecule is C[C@@]12Cc3oc4cccc(O)c4c(=O)c3[C@@H](C(=O)O1)[C@H]2O.O. The molecular weight excluding hydrogens is 292 g/mol. The van der Waals surface area contributed by atoms with Gasteiger partial charge in [0.05, 0.1) is 5.56 Å².